The summed E-state index contributed by atoms with van der Waals surface area (Å²) in [5.74, 6) is 3.65. The molecule has 1 aliphatic carbocycles. The molecule has 1 fully saturated rings. The molecule has 2 aromatic heterocycles. The molecule has 1 unspecified atom stereocenters. The maximum absolute atomic E-state index is 6.22. The van der Waals surface area contributed by atoms with Gasteiger partial charge in [-0.05, 0) is 30.5 Å². The summed E-state index contributed by atoms with van der Waals surface area (Å²) < 4.78 is 7.26. The molecule has 3 aromatic rings. The third-order valence-corrected chi connectivity index (χ3v) is 4.71. The average molecular weight is 370 g/mol. The second-order valence-electron chi connectivity index (χ2n) is 6.46. The number of halogens is 1. The minimum atomic E-state index is -0.168. The van der Waals surface area contributed by atoms with Crippen LogP contribution >= 0.6 is 11.6 Å². The second kappa shape index (κ2) is 6.96. The van der Waals surface area contributed by atoms with Gasteiger partial charge in [-0.1, -0.05) is 23.7 Å². The summed E-state index contributed by atoms with van der Waals surface area (Å²) in [7, 11) is 3.63. The normalized spacial score (nSPS) is 14.9. The lowest BCUT2D eigenvalue weighted by Gasteiger charge is -2.20. The fourth-order valence-corrected chi connectivity index (χ4v) is 3.12. The molecular formula is C19H20ClN5O. The summed E-state index contributed by atoms with van der Waals surface area (Å²) in [6, 6.07) is 9.52. The van der Waals surface area contributed by atoms with Crippen LogP contribution in [0.2, 0.25) is 5.15 Å². The van der Waals surface area contributed by atoms with Gasteiger partial charge in [-0.2, -0.15) is 0 Å². The van der Waals surface area contributed by atoms with Crippen molar-refractivity contribution in [3.63, 3.8) is 0 Å². The number of hydrogen-bond donors (Lipinski definition) is 1. The molecule has 26 heavy (non-hydrogen) atoms. The molecule has 0 spiro atoms. The molecule has 4 rings (SSSR count). The number of nitrogens with one attached hydrogen (secondary N) is 1. The predicted molar refractivity (Wildman–Crippen MR) is 101 cm³/mol. The van der Waals surface area contributed by atoms with E-state index >= 15 is 0 Å². The number of imidazole rings is 1. The molecule has 134 valence electrons. The topological polar surface area (TPSA) is 64.9 Å². The molecule has 1 aromatic carbocycles. The van der Waals surface area contributed by atoms with Crippen LogP contribution in [0.15, 0.2) is 42.7 Å². The van der Waals surface area contributed by atoms with E-state index in [4.69, 9.17) is 16.3 Å². The van der Waals surface area contributed by atoms with E-state index in [2.05, 4.69) is 20.3 Å². The Balaban J connectivity index is 1.70. The molecule has 2 heterocycles. The van der Waals surface area contributed by atoms with Crippen LogP contribution in [-0.4, -0.2) is 26.6 Å². The fraction of sp³-hybridized carbons (Fsp3) is 0.316. The van der Waals surface area contributed by atoms with E-state index in [9.17, 15) is 0 Å². The fourth-order valence-electron chi connectivity index (χ4n) is 2.93. The number of aryl methyl sites for hydroxylation is 1. The standard InChI is InChI=1S/C19H20ClN5O/c1-25-10-9-21-19(25)17(12-5-7-14(26-2)8-6-12)23-16-11-15(20)22-18(24-16)13-3-4-13/h5-11,13,17H,3-4H2,1-2H3,(H,22,23,24). The van der Waals surface area contributed by atoms with Crippen molar-refractivity contribution < 1.29 is 4.74 Å². The van der Waals surface area contributed by atoms with Gasteiger partial charge in [-0.3, -0.25) is 0 Å². The van der Waals surface area contributed by atoms with Crippen molar-refractivity contribution >= 4 is 17.4 Å². The van der Waals surface area contributed by atoms with Crippen molar-refractivity contribution in [3.05, 3.63) is 65.1 Å². The van der Waals surface area contributed by atoms with Gasteiger partial charge < -0.3 is 14.6 Å². The van der Waals surface area contributed by atoms with Crippen LogP contribution < -0.4 is 10.1 Å². The molecule has 0 amide bonds. The number of rotatable bonds is 6. The highest BCUT2D eigenvalue weighted by Gasteiger charge is 2.28. The van der Waals surface area contributed by atoms with Crippen molar-refractivity contribution in [2.75, 3.05) is 12.4 Å². The number of ether oxygens (including phenoxy) is 1. The summed E-state index contributed by atoms with van der Waals surface area (Å²) in [6.45, 7) is 0. The van der Waals surface area contributed by atoms with Crippen LogP contribution in [0.5, 0.6) is 5.75 Å². The third-order valence-electron chi connectivity index (χ3n) is 4.51. The first-order valence-corrected chi connectivity index (χ1v) is 8.94. The Morgan fingerprint density at radius 2 is 2.00 bits per heavy atom. The highest BCUT2D eigenvalue weighted by atomic mass is 35.5. The van der Waals surface area contributed by atoms with Crippen molar-refractivity contribution in [1.29, 1.82) is 0 Å². The van der Waals surface area contributed by atoms with Gasteiger partial charge in [-0.15, -0.1) is 0 Å². The number of hydrogen-bond acceptors (Lipinski definition) is 5. The summed E-state index contributed by atoms with van der Waals surface area (Å²) in [5.41, 5.74) is 1.06. The lowest BCUT2D eigenvalue weighted by molar-refractivity contribution is 0.414. The van der Waals surface area contributed by atoms with E-state index in [0.29, 0.717) is 16.9 Å². The maximum Gasteiger partial charge on any atom is 0.135 e. The Bertz CT molecular complexity index is 905. The minimum absolute atomic E-state index is 0.168. The maximum atomic E-state index is 6.22. The zero-order chi connectivity index (χ0) is 18.1. The highest BCUT2D eigenvalue weighted by molar-refractivity contribution is 6.29. The van der Waals surface area contributed by atoms with Gasteiger partial charge in [0.05, 0.1) is 7.11 Å². The third kappa shape index (κ3) is 3.51. The van der Waals surface area contributed by atoms with Crippen LogP contribution in [-0.2, 0) is 7.05 Å². The van der Waals surface area contributed by atoms with Gasteiger partial charge in [0.1, 0.15) is 34.4 Å². The number of methoxy groups -OCH3 is 1. The molecule has 1 N–H and O–H groups in total. The van der Waals surface area contributed by atoms with Crippen LogP contribution in [0, 0.1) is 0 Å². The Morgan fingerprint density at radius 1 is 1.23 bits per heavy atom. The van der Waals surface area contributed by atoms with E-state index < -0.39 is 0 Å². The molecule has 1 saturated carbocycles. The monoisotopic (exact) mass is 369 g/mol. The smallest absolute Gasteiger partial charge is 0.135 e. The summed E-state index contributed by atoms with van der Waals surface area (Å²) in [6.07, 6.45) is 5.97. The number of anilines is 1. The zero-order valence-electron chi connectivity index (χ0n) is 14.7. The predicted octanol–water partition coefficient (Wildman–Crippen LogP) is 3.95. The average Bonchev–Trinajstić information content (AvgIpc) is 3.41. The van der Waals surface area contributed by atoms with Crippen LogP contribution in [0.3, 0.4) is 0 Å². The zero-order valence-corrected chi connectivity index (χ0v) is 15.4. The lowest BCUT2D eigenvalue weighted by Crippen LogP contribution is -2.18. The molecule has 0 bridgehead atoms. The number of benzene rings is 1. The molecule has 0 saturated heterocycles. The Morgan fingerprint density at radius 3 is 2.62 bits per heavy atom. The van der Waals surface area contributed by atoms with E-state index in [1.807, 2.05) is 42.1 Å². The summed E-state index contributed by atoms with van der Waals surface area (Å²) in [4.78, 5) is 13.5. The van der Waals surface area contributed by atoms with Crippen LogP contribution in [0.4, 0.5) is 5.82 Å². The quantitative estimate of drug-likeness (QED) is 0.666. The molecule has 7 heteroatoms. The first-order chi connectivity index (χ1) is 12.6. The lowest BCUT2D eigenvalue weighted by atomic mass is 10.1. The Kier molecular flexibility index (Phi) is 4.51. The summed E-state index contributed by atoms with van der Waals surface area (Å²) >= 11 is 6.22. The van der Waals surface area contributed by atoms with E-state index in [1.165, 1.54) is 0 Å². The molecule has 6 nitrogen and oxygen atoms in total. The highest BCUT2D eigenvalue weighted by Crippen LogP contribution is 2.39. The number of nitrogens with zero attached hydrogens (tertiary/aromatic N) is 4. The van der Waals surface area contributed by atoms with Gasteiger partial charge in [0.15, 0.2) is 0 Å². The van der Waals surface area contributed by atoms with Gasteiger partial charge in [0.2, 0.25) is 0 Å². The van der Waals surface area contributed by atoms with Crippen molar-refractivity contribution in [2.45, 2.75) is 24.8 Å². The first kappa shape index (κ1) is 16.8. The van der Waals surface area contributed by atoms with Crippen molar-refractivity contribution in [1.82, 2.24) is 19.5 Å². The van der Waals surface area contributed by atoms with Gasteiger partial charge in [-0.25, -0.2) is 15.0 Å². The van der Waals surface area contributed by atoms with Gasteiger partial charge in [0.25, 0.3) is 0 Å². The van der Waals surface area contributed by atoms with E-state index in [0.717, 1.165) is 35.8 Å². The molecule has 0 aliphatic heterocycles. The molecule has 0 radical (unpaired) electrons. The van der Waals surface area contributed by atoms with Gasteiger partial charge >= 0.3 is 0 Å². The van der Waals surface area contributed by atoms with Crippen molar-refractivity contribution in [3.8, 4) is 5.75 Å². The molecule has 1 atom stereocenters. The van der Waals surface area contributed by atoms with E-state index in [1.54, 1.807) is 19.4 Å². The SMILES string of the molecule is COc1ccc(C(Nc2cc(Cl)nc(C3CC3)n2)c2nccn2C)cc1. The van der Waals surface area contributed by atoms with E-state index in [-0.39, 0.29) is 6.04 Å². The van der Waals surface area contributed by atoms with Crippen LogP contribution in [0.1, 0.15) is 42.0 Å². The minimum Gasteiger partial charge on any atom is -0.497 e. The molecular weight excluding hydrogens is 350 g/mol. The number of aromatic nitrogens is 4. The Hall–Kier alpha value is -2.60. The molecule has 1 aliphatic rings. The van der Waals surface area contributed by atoms with Crippen molar-refractivity contribution in [2.24, 2.45) is 7.05 Å². The summed E-state index contributed by atoms with van der Waals surface area (Å²) in [5, 5.41) is 3.94. The van der Waals surface area contributed by atoms with Crippen LogP contribution in [0.25, 0.3) is 0 Å². The second-order valence-corrected chi connectivity index (χ2v) is 6.84. The Labute approximate surface area is 157 Å². The van der Waals surface area contributed by atoms with Gasteiger partial charge in [0, 0.05) is 31.4 Å². The largest absolute Gasteiger partial charge is 0.497 e. The first-order valence-electron chi connectivity index (χ1n) is 8.56.